The highest BCUT2D eigenvalue weighted by atomic mass is 16.6. The fourth-order valence-electron chi connectivity index (χ4n) is 2.03. The van der Waals surface area contributed by atoms with Gasteiger partial charge in [0.25, 0.3) is 5.69 Å². The number of hydrogen-bond donors (Lipinski definition) is 1. The third kappa shape index (κ3) is 2.78. The fraction of sp³-hybridized carbons (Fsp3) is 0.200. The molecular formula is C15H16N2O3. The standard InChI is InChI=1S/C15H16N2O3/c1-10-3-5-11(6-4-10)15(16)13-9-12(17(18)19)7-8-14(13)20-2/h3-9,15H,16H2,1-2H3. The summed E-state index contributed by atoms with van der Waals surface area (Å²) in [6.07, 6.45) is 0. The van der Waals surface area contributed by atoms with Gasteiger partial charge in [-0.15, -0.1) is 0 Å². The number of nitrogens with zero attached hydrogens (tertiary/aromatic N) is 1. The zero-order valence-electron chi connectivity index (χ0n) is 11.4. The third-order valence-electron chi connectivity index (χ3n) is 3.20. The Morgan fingerprint density at radius 3 is 2.40 bits per heavy atom. The van der Waals surface area contributed by atoms with Crippen LogP contribution < -0.4 is 10.5 Å². The van der Waals surface area contributed by atoms with Gasteiger partial charge in [0.05, 0.1) is 18.1 Å². The van der Waals surface area contributed by atoms with Crippen molar-refractivity contribution in [3.05, 3.63) is 69.3 Å². The minimum absolute atomic E-state index is 0.00311. The van der Waals surface area contributed by atoms with Gasteiger partial charge in [-0.05, 0) is 18.6 Å². The highest BCUT2D eigenvalue weighted by Crippen LogP contribution is 2.31. The Kier molecular flexibility index (Phi) is 4.00. The Hall–Kier alpha value is -2.40. The SMILES string of the molecule is COc1ccc([N+](=O)[O-])cc1C(N)c1ccc(C)cc1. The molecule has 0 aliphatic heterocycles. The topological polar surface area (TPSA) is 78.4 Å². The summed E-state index contributed by atoms with van der Waals surface area (Å²) in [6.45, 7) is 1.99. The first-order valence-electron chi connectivity index (χ1n) is 6.17. The minimum Gasteiger partial charge on any atom is -0.496 e. The number of rotatable bonds is 4. The number of aryl methyl sites for hydroxylation is 1. The van der Waals surface area contributed by atoms with Gasteiger partial charge in [-0.3, -0.25) is 10.1 Å². The summed E-state index contributed by atoms with van der Waals surface area (Å²) in [6, 6.07) is 11.7. The largest absolute Gasteiger partial charge is 0.496 e. The van der Waals surface area contributed by atoms with Crippen molar-refractivity contribution in [1.29, 1.82) is 0 Å². The zero-order valence-corrected chi connectivity index (χ0v) is 11.4. The van der Waals surface area contributed by atoms with E-state index in [0.717, 1.165) is 11.1 Å². The number of benzene rings is 2. The Morgan fingerprint density at radius 1 is 1.20 bits per heavy atom. The van der Waals surface area contributed by atoms with Gasteiger partial charge in [-0.1, -0.05) is 29.8 Å². The molecule has 0 radical (unpaired) electrons. The molecule has 0 aliphatic carbocycles. The molecule has 0 heterocycles. The van der Waals surface area contributed by atoms with E-state index in [0.29, 0.717) is 11.3 Å². The van der Waals surface area contributed by atoms with Crippen LogP contribution in [-0.2, 0) is 0 Å². The van der Waals surface area contributed by atoms with E-state index in [1.807, 2.05) is 31.2 Å². The molecular weight excluding hydrogens is 256 g/mol. The van der Waals surface area contributed by atoms with E-state index < -0.39 is 11.0 Å². The number of nitro benzene ring substituents is 1. The van der Waals surface area contributed by atoms with Gasteiger partial charge < -0.3 is 10.5 Å². The first-order chi connectivity index (χ1) is 9.52. The molecule has 2 aromatic rings. The molecule has 2 rings (SSSR count). The van der Waals surface area contributed by atoms with Crippen LogP contribution in [0.2, 0.25) is 0 Å². The van der Waals surface area contributed by atoms with Crippen molar-refractivity contribution in [2.24, 2.45) is 5.73 Å². The number of non-ortho nitro benzene ring substituents is 1. The van der Waals surface area contributed by atoms with Crippen LogP contribution in [0.5, 0.6) is 5.75 Å². The molecule has 104 valence electrons. The smallest absolute Gasteiger partial charge is 0.270 e. The van der Waals surface area contributed by atoms with Gasteiger partial charge >= 0.3 is 0 Å². The van der Waals surface area contributed by atoms with Gasteiger partial charge in [0.15, 0.2) is 0 Å². The quantitative estimate of drug-likeness (QED) is 0.685. The van der Waals surface area contributed by atoms with E-state index in [9.17, 15) is 10.1 Å². The molecule has 0 bridgehead atoms. The van der Waals surface area contributed by atoms with E-state index in [2.05, 4.69) is 0 Å². The van der Waals surface area contributed by atoms with Crippen LogP contribution in [0, 0.1) is 17.0 Å². The van der Waals surface area contributed by atoms with Crippen molar-refractivity contribution in [3.8, 4) is 5.75 Å². The second-order valence-electron chi connectivity index (χ2n) is 4.57. The first kappa shape index (κ1) is 14.0. The van der Waals surface area contributed by atoms with Gasteiger partial charge in [0.2, 0.25) is 0 Å². The summed E-state index contributed by atoms with van der Waals surface area (Å²) in [5.41, 5.74) is 8.83. The van der Waals surface area contributed by atoms with Crippen LogP contribution in [0.4, 0.5) is 5.69 Å². The number of nitro groups is 1. The number of nitrogens with two attached hydrogens (primary N) is 1. The average Bonchev–Trinajstić information content (AvgIpc) is 2.46. The van der Waals surface area contributed by atoms with Crippen LogP contribution in [0.25, 0.3) is 0 Å². The molecule has 0 saturated heterocycles. The molecule has 2 aromatic carbocycles. The summed E-state index contributed by atoms with van der Waals surface area (Å²) in [7, 11) is 1.52. The summed E-state index contributed by atoms with van der Waals surface area (Å²) < 4.78 is 5.24. The monoisotopic (exact) mass is 272 g/mol. The van der Waals surface area contributed by atoms with E-state index in [1.165, 1.54) is 19.2 Å². The molecule has 2 N–H and O–H groups in total. The summed E-state index contributed by atoms with van der Waals surface area (Å²) in [5, 5.41) is 10.9. The van der Waals surface area contributed by atoms with Crippen LogP contribution in [0.1, 0.15) is 22.7 Å². The normalized spacial score (nSPS) is 11.9. The Labute approximate surface area is 117 Å². The molecule has 0 aromatic heterocycles. The fourth-order valence-corrected chi connectivity index (χ4v) is 2.03. The molecule has 5 nitrogen and oxygen atoms in total. The predicted molar refractivity (Wildman–Crippen MR) is 76.9 cm³/mol. The molecule has 0 amide bonds. The van der Waals surface area contributed by atoms with Crippen molar-refractivity contribution >= 4 is 5.69 Å². The van der Waals surface area contributed by atoms with Gasteiger partial charge in [0.1, 0.15) is 5.75 Å². The third-order valence-corrected chi connectivity index (χ3v) is 3.20. The molecule has 0 spiro atoms. The maximum Gasteiger partial charge on any atom is 0.270 e. The molecule has 0 aliphatic rings. The van der Waals surface area contributed by atoms with E-state index in [-0.39, 0.29) is 5.69 Å². The molecule has 1 unspecified atom stereocenters. The lowest BCUT2D eigenvalue weighted by Gasteiger charge is -2.16. The lowest BCUT2D eigenvalue weighted by Crippen LogP contribution is -2.13. The van der Waals surface area contributed by atoms with Crippen LogP contribution in [0.15, 0.2) is 42.5 Å². The molecule has 1 atom stereocenters. The first-order valence-corrected chi connectivity index (χ1v) is 6.17. The second-order valence-corrected chi connectivity index (χ2v) is 4.57. The van der Waals surface area contributed by atoms with Crippen molar-refractivity contribution in [3.63, 3.8) is 0 Å². The Bertz CT molecular complexity index is 624. The van der Waals surface area contributed by atoms with Crippen molar-refractivity contribution < 1.29 is 9.66 Å². The number of methoxy groups -OCH3 is 1. The van der Waals surface area contributed by atoms with Gasteiger partial charge in [0, 0.05) is 17.7 Å². The van der Waals surface area contributed by atoms with Crippen LogP contribution >= 0.6 is 0 Å². The van der Waals surface area contributed by atoms with Crippen LogP contribution in [-0.4, -0.2) is 12.0 Å². The summed E-state index contributed by atoms with van der Waals surface area (Å²) in [4.78, 5) is 10.4. The van der Waals surface area contributed by atoms with Gasteiger partial charge in [-0.25, -0.2) is 0 Å². The Morgan fingerprint density at radius 2 is 1.85 bits per heavy atom. The molecule has 0 saturated carbocycles. The maximum absolute atomic E-state index is 10.9. The summed E-state index contributed by atoms with van der Waals surface area (Å²) in [5.74, 6) is 0.545. The van der Waals surface area contributed by atoms with E-state index in [1.54, 1.807) is 6.07 Å². The molecule has 0 fully saturated rings. The Balaban J connectivity index is 2.46. The molecule has 5 heteroatoms. The lowest BCUT2D eigenvalue weighted by molar-refractivity contribution is -0.384. The van der Waals surface area contributed by atoms with Crippen LogP contribution in [0.3, 0.4) is 0 Å². The maximum atomic E-state index is 10.9. The predicted octanol–water partition coefficient (Wildman–Crippen LogP) is 2.96. The zero-order chi connectivity index (χ0) is 14.7. The highest BCUT2D eigenvalue weighted by molar-refractivity contribution is 5.48. The van der Waals surface area contributed by atoms with Gasteiger partial charge in [-0.2, -0.15) is 0 Å². The minimum atomic E-state index is -0.467. The summed E-state index contributed by atoms with van der Waals surface area (Å²) >= 11 is 0. The van der Waals surface area contributed by atoms with E-state index in [4.69, 9.17) is 10.5 Å². The lowest BCUT2D eigenvalue weighted by atomic mass is 9.97. The van der Waals surface area contributed by atoms with Crippen molar-refractivity contribution in [2.75, 3.05) is 7.11 Å². The van der Waals surface area contributed by atoms with E-state index >= 15 is 0 Å². The average molecular weight is 272 g/mol. The van der Waals surface area contributed by atoms with Crippen molar-refractivity contribution in [1.82, 2.24) is 0 Å². The second kappa shape index (κ2) is 5.71. The number of ether oxygens (including phenoxy) is 1. The highest BCUT2D eigenvalue weighted by Gasteiger charge is 2.18. The number of hydrogen-bond acceptors (Lipinski definition) is 4. The molecule has 20 heavy (non-hydrogen) atoms. The van der Waals surface area contributed by atoms with Crippen molar-refractivity contribution in [2.45, 2.75) is 13.0 Å².